The molecule has 0 aliphatic carbocycles. The Labute approximate surface area is 225 Å². The molecule has 192 valence electrons. The molecule has 3 heterocycles. The van der Waals surface area contributed by atoms with Crippen molar-refractivity contribution in [2.45, 2.75) is 26.4 Å². The highest BCUT2D eigenvalue weighted by molar-refractivity contribution is 7.09. The quantitative estimate of drug-likeness (QED) is 0.241. The third kappa shape index (κ3) is 5.41. The second kappa shape index (κ2) is 10.7. The zero-order chi connectivity index (χ0) is 25.9. The summed E-state index contributed by atoms with van der Waals surface area (Å²) >= 11 is 1.51. The number of hydrogen-bond acceptors (Lipinski definition) is 6. The van der Waals surface area contributed by atoms with Crippen molar-refractivity contribution in [3.63, 3.8) is 0 Å². The second-order valence-corrected chi connectivity index (χ2v) is 10.4. The number of carbonyl (C=O) groups excluding carboxylic acids is 1. The van der Waals surface area contributed by atoms with Gasteiger partial charge in [0.05, 0.1) is 6.54 Å². The van der Waals surface area contributed by atoms with Gasteiger partial charge >= 0.3 is 0 Å². The van der Waals surface area contributed by atoms with E-state index >= 15 is 0 Å². The van der Waals surface area contributed by atoms with Gasteiger partial charge in [-0.2, -0.15) is 0 Å². The number of nitrogens with one attached hydrogen (secondary N) is 2. The van der Waals surface area contributed by atoms with Gasteiger partial charge in [-0.3, -0.25) is 9.69 Å². The summed E-state index contributed by atoms with van der Waals surface area (Å²) in [5, 5.41) is 6.92. The SMILES string of the molecule is Cc1ccc(NC(=O)c2csc(CN(CCc3c[nH]c4ccccc34)Cc3ccc4c(c3)OCO4)n2)cc1. The fourth-order valence-electron chi connectivity index (χ4n) is 4.64. The molecule has 0 unspecified atom stereocenters. The number of aromatic nitrogens is 2. The van der Waals surface area contributed by atoms with E-state index in [4.69, 9.17) is 9.47 Å². The standard InChI is InChI=1S/C30H28N4O3S/c1-20-6-9-23(10-7-20)32-30(35)26-18-38-29(33-26)17-34(16-21-8-11-27-28(14-21)37-19-36-27)13-12-22-15-31-25-5-3-2-4-24(22)25/h2-11,14-15,18,31H,12-13,16-17,19H2,1H3,(H,32,35). The molecule has 0 saturated heterocycles. The van der Waals surface area contributed by atoms with Crippen LogP contribution in [0.1, 0.15) is 32.2 Å². The predicted molar refractivity (Wildman–Crippen MR) is 150 cm³/mol. The van der Waals surface area contributed by atoms with Gasteiger partial charge in [0.15, 0.2) is 11.5 Å². The molecule has 2 N–H and O–H groups in total. The van der Waals surface area contributed by atoms with Crippen LogP contribution in [-0.4, -0.2) is 34.1 Å². The van der Waals surface area contributed by atoms with Crippen LogP contribution in [0.4, 0.5) is 5.69 Å². The Balaban J connectivity index is 1.18. The summed E-state index contributed by atoms with van der Waals surface area (Å²) in [5.41, 5.74) is 5.92. The maximum Gasteiger partial charge on any atom is 0.275 e. The van der Waals surface area contributed by atoms with Gasteiger partial charge in [-0.15, -0.1) is 11.3 Å². The van der Waals surface area contributed by atoms with Crippen LogP contribution >= 0.6 is 11.3 Å². The minimum Gasteiger partial charge on any atom is -0.454 e. The average molecular weight is 525 g/mol. The molecule has 0 fully saturated rings. The number of aryl methyl sites for hydroxylation is 1. The number of H-pyrrole nitrogens is 1. The fraction of sp³-hybridized carbons (Fsp3) is 0.200. The third-order valence-corrected chi connectivity index (χ3v) is 7.50. The number of rotatable bonds is 9. The van der Waals surface area contributed by atoms with Gasteiger partial charge in [0, 0.05) is 41.3 Å². The Bertz CT molecular complexity index is 1570. The van der Waals surface area contributed by atoms with Gasteiger partial charge < -0.3 is 19.8 Å². The normalized spacial score (nSPS) is 12.4. The van der Waals surface area contributed by atoms with E-state index in [0.29, 0.717) is 12.2 Å². The van der Waals surface area contributed by atoms with E-state index in [1.807, 2.05) is 54.8 Å². The number of hydrogen-bond donors (Lipinski definition) is 2. The maximum absolute atomic E-state index is 12.8. The molecular formula is C30H28N4O3S. The number of nitrogens with zero attached hydrogens (tertiary/aromatic N) is 2. The Morgan fingerprint density at radius 3 is 2.79 bits per heavy atom. The molecule has 0 bridgehead atoms. The molecule has 0 atom stereocenters. The van der Waals surface area contributed by atoms with Gasteiger partial charge in [0.2, 0.25) is 6.79 Å². The van der Waals surface area contributed by atoms with E-state index in [2.05, 4.69) is 50.6 Å². The third-order valence-electron chi connectivity index (χ3n) is 6.67. The molecule has 7 nitrogen and oxygen atoms in total. The molecule has 6 rings (SSSR count). The van der Waals surface area contributed by atoms with E-state index < -0.39 is 0 Å². The summed E-state index contributed by atoms with van der Waals surface area (Å²) in [6.07, 6.45) is 2.99. The Hall–Kier alpha value is -4.14. The number of carbonyl (C=O) groups is 1. The van der Waals surface area contributed by atoms with Crippen LogP contribution in [0, 0.1) is 6.92 Å². The van der Waals surface area contributed by atoms with Crippen molar-refractivity contribution in [1.29, 1.82) is 0 Å². The van der Waals surface area contributed by atoms with Crippen LogP contribution in [0.25, 0.3) is 10.9 Å². The van der Waals surface area contributed by atoms with Gasteiger partial charge in [-0.05, 0) is 54.8 Å². The zero-order valence-electron chi connectivity index (χ0n) is 21.1. The molecule has 0 radical (unpaired) electrons. The first-order valence-electron chi connectivity index (χ1n) is 12.6. The first kappa shape index (κ1) is 24.2. The predicted octanol–water partition coefficient (Wildman–Crippen LogP) is 6.16. The van der Waals surface area contributed by atoms with E-state index in [0.717, 1.165) is 58.3 Å². The van der Waals surface area contributed by atoms with Crippen LogP contribution in [0.5, 0.6) is 11.5 Å². The van der Waals surface area contributed by atoms with Crippen molar-refractivity contribution < 1.29 is 14.3 Å². The van der Waals surface area contributed by atoms with Crippen molar-refractivity contribution in [3.05, 3.63) is 106 Å². The number of fused-ring (bicyclic) bond motifs is 2. The minimum atomic E-state index is -0.197. The lowest BCUT2D eigenvalue weighted by atomic mass is 10.1. The van der Waals surface area contributed by atoms with Crippen molar-refractivity contribution in [2.75, 3.05) is 18.7 Å². The highest BCUT2D eigenvalue weighted by Crippen LogP contribution is 2.33. The summed E-state index contributed by atoms with van der Waals surface area (Å²) in [6.45, 7) is 4.48. The molecular weight excluding hydrogens is 496 g/mol. The number of para-hydroxylation sites is 1. The number of thiazole rings is 1. The Kier molecular flexibility index (Phi) is 6.81. The zero-order valence-corrected chi connectivity index (χ0v) is 21.9. The van der Waals surface area contributed by atoms with Crippen molar-refractivity contribution in [3.8, 4) is 11.5 Å². The van der Waals surface area contributed by atoms with Crippen LogP contribution in [0.2, 0.25) is 0 Å². The summed E-state index contributed by atoms with van der Waals surface area (Å²) in [6, 6.07) is 22.2. The smallest absolute Gasteiger partial charge is 0.275 e. The van der Waals surface area contributed by atoms with Gasteiger partial charge in [0.25, 0.3) is 5.91 Å². The van der Waals surface area contributed by atoms with Crippen molar-refractivity contribution in [1.82, 2.24) is 14.9 Å². The van der Waals surface area contributed by atoms with Crippen LogP contribution in [0.15, 0.2) is 78.3 Å². The lowest BCUT2D eigenvalue weighted by Crippen LogP contribution is -2.25. The first-order chi connectivity index (χ1) is 18.6. The van der Waals surface area contributed by atoms with E-state index in [9.17, 15) is 4.79 Å². The highest BCUT2D eigenvalue weighted by atomic mass is 32.1. The monoisotopic (exact) mass is 524 g/mol. The lowest BCUT2D eigenvalue weighted by molar-refractivity contribution is 0.102. The molecule has 1 aliphatic heterocycles. The summed E-state index contributed by atoms with van der Waals surface area (Å²) in [4.78, 5) is 23.2. The summed E-state index contributed by atoms with van der Waals surface area (Å²) in [5.74, 6) is 1.36. The molecule has 2 aromatic heterocycles. The Morgan fingerprint density at radius 1 is 1.05 bits per heavy atom. The van der Waals surface area contributed by atoms with Crippen LogP contribution < -0.4 is 14.8 Å². The van der Waals surface area contributed by atoms with Crippen molar-refractivity contribution >= 4 is 33.8 Å². The minimum absolute atomic E-state index is 0.197. The molecule has 5 aromatic rings. The van der Waals surface area contributed by atoms with Crippen molar-refractivity contribution in [2.24, 2.45) is 0 Å². The molecule has 38 heavy (non-hydrogen) atoms. The molecule has 3 aromatic carbocycles. The van der Waals surface area contributed by atoms with Gasteiger partial charge in [-0.1, -0.05) is 42.0 Å². The maximum atomic E-state index is 12.8. The Morgan fingerprint density at radius 2 is 1.89 bits per heavy atom. The number of amides is 1. The molecule has 8 heteroatoms. The molecule has 0 saturated carbocycles. The number of benzene rings is 3. The number of ether oxygens (including phenoxy) is 2. The van der Waals surface area contributed by atoms with E-state index in [1.165, 1.54) is 22.3 Å². The molecule has 1 aliphatic rings. The van der Waals surface area contributed by atoms with Gasteiger partial charge in [-0.25, -0.2) is 4.98 Å². The lowest BCUT2D eigenvalue weighted by Gasteiger charge is -2.21. The summed E-state index contributed by atoms with van der Waals surface area (Å²) in [7, 11) is 0. The largest absolute Gasteiger partial charge is 0.454 e. The van der Waals surface area contributed by atoms with Gasteiger partial charge in [0.1, 0.15) is 10.7 Å². The van der Waals surface area contributed by atoms with Crippen LogP contribution in [-0.2, 0) is 19.5 Å². The highest BCUT2D eigenvalue weighted by Gasteiger charge is 2.18. The van der Waals surface area contributed by atoms with E-state index in [-0.39, 0.29) is 12.7 Å². The molecule has 0 spiro atoms. The topological polar surface area (TPSA) is 79.5 Å². The summed E-state index contributed by atoms with van der Waals surface area (Å²) < 4.78 is 11.1. The van der Waals surface area contributed by atoms with E-state index in [1.54, 1.807) is 0 Å². The second-order valence-electron chi connectivity index (χ2n) is 9.45. The number of anilines is 1. The fourth-order valence-corrected chi connectivity index (χ4v) is 5.46. The molecule has 1 amide bonds. The first-order valence-corrected chi connectivity index (χ1v) is 13.5. The van der Waals surface area contributed by atoms with Crippen LogP contribution in [0.3, 0.4) is 0 Å². The average Bonchev–Trinajstić information content (AvgIpc) is 3.68. The number of aromatic amines is 1.